The maximum atomic E-state index is 12.2. The Morgan fingerprint density at radius 3 is 2.77 bits per heavy atom. The summed E-state index contributed by atoms with van der Waals surface area (Å²) in [6.45, 7) is 6.05. The minimum Gasteiger partial charge on any atom is -0.376 e. The normalized spacial score (nSPS) is 21.7. The lowest BCUT2D eigenvalue weighted by Gasteiger charge is -2.29. The second kappa shape index (κ2) is 9.14. The van der Waals surface area contributed by atoms with Crippen LogP contribution in [-0.2, 0) is 20.9 Å². The molecule has 2 aliphatic rings. The Hall–Kier alpha value is -1.93. The fourth-order valence-corrected chi connectivity index (χ4v) is 3.37. The van der Waals surface area contributed by atoms with Crippen LogP contribution in [0, 0.1) is 5.92 Å². The van der Waals surface area contributed by atoms with E-state index in [9.17, 15) is 9.59 Å². The smallest absolute Gasteiger partial charge is 0.241 e. The molecule has 3 rings (SSSR count). The van der Waals surface area contributed by atoms with Gasteiger partial charge in [0.25, 0.3) is 0 Å². The zero-order valence-electron chi connectivity index (χ0n) is 15.4. The minimum absolute atomic E-state index is 0.0399. The number of aromatic nitrogens is 2. The third kappa shape index (κ3) is 5.81. The number of piperidine rings is 1. The molecule has 0 bridgehead atoms. The quantitative estimate of drug-likeness (QED) is 0.750. The molecule has 0 aromatic carbocycles. The third-order valence-corrected chi connectivity index (χ3v) is 5.02. The number of anilines is 1. The van der Waals surface area contributed by atoms with E-state index in [1.807, 2.05) is 0 Å². The number of carbonyl (C=O) groups excluding carboxylic acids is 2. The van der Waals surface area contributed by atoms with Gasteiger partial charge in [-0.3, -0.25) is 19.2 Å². The lowest BCUT2D eigenvalue weighted by Crippen LogP contribution is -2.38. The Balaban J connectivity index is 1.38. The number of rotatable bonds is 7. The van der Waals surface area contributed by atoms with Gasteiger partial charge >= 0.3 is 0 Å². The molecule has 8 heteroatoms. The number of nitrogens with one attached hydrogen (secondary N) is 2. The molecule has 3 heterocycles. The van der Waals surface area contributed by atoms with Gasteiger partial charge < -0.3 is 15.4 Å². The summed E-state index contributed by atoms with van der Waals surface area (Å²) in [6.07, 6.45) is 7.72. The highest BCUT2D eigenvalue weighted by Gasteiger charge is 2.19. The number of ether oxygens (including phenoxy) is 1. The Bertz CT molecular complexity index is 604. The average Bonchev–Trinajstić information content (AvgIpc) is 3.27. The lowest BCUT2D eigenvalue weighted by molar-refractivity contribution is -0.122. The molecule has 26 heavy (non-hydrogen) atoms. The van der Waals surface area contributed by atoms with Crippen molar-refractivity contribution in [2.75, 3.05) is 38.1 Å². The van der Waals surface area contributed by atoms with Crippen molar-refractivity contribution in [1.82, 2.24) is 20.0 Å². The summed E-state index contributed by atoms with van der Waals surface area (Å²) in [7, 11) is 0. The van der Waals surface area contributed by atoms with E-state index in [2.05, 4.69) is 27.6 Å². The first-order chi connectivity index (χ1) is 12.6. The minimum atomic E-state index is -0.107. The van der Waals surface area contributed by atoms with Gasteiger partial charge in [0, 0.05) is 19.3 Å². The fraction of sp³-hybridized carbons (Fsp3) is 0.722. The van der Waals surface area contributed by atoms with E-state index in [-0.39, 0.29) is 24.5 Å². The van der Waals surface area contributed by atoms with Crippen molar-refractivity contribution in [3.8, 4) is 0 Å². The first kappa shape index (κ1) is 18.8. The Labute approximate surface area is 154 Å². The van der Waals surface area contributed by atoms with Gasteiger partial charge in [-0.15, -0.1) is 0 Å². The molecular weight excluding hydrogens is 334 g/mol. The van der Waals surface area contributed by atoms with E-state index >= 15 is 0 Å². The molecule has 144 valence electrons. The maximum absolute atomic E-state index is 12.2. The van der Waals surface area contributed by atoms with Gasteiger partial charge in [0.1, 0.15) is 6.54 Å². The molecule has 2 amide bonds. The van der Waals surface area contributed by atoms with E-state index in [1.54, 1.807) is 12.4 Å². The molecule has 2 N–H and O–H groups in total. The Kier molecular flexibility index (Phi) is 6.62. The first-order valence-electron chi connectivity index (χ1n) is 9.51. The first-order valence-corrected chi connectivity index (χ1v) is 9.51. The molecule has 1 aromatic rings. The monoisotopic (exact) mass is 363 g/mol. The van der Waals surface area contributed by atoms with Crippen LogP contribution in [0.5, 0.6) is 0 Å². The number of carbonyl (C=O) groups is 2. The van der Waals surface area contributed by atoms with Crippen molar-refractivity contribution in [3.63, 3.8) is 0 Å². The highest BCUT2D eigenvalue weighted by molar-refractivity contribution is 5.92. The number of hydrogen-bond acceptors (Lipinski definition) is 5. The summed E-state index contributed by atoms with van der Waals surface area (Å²) in [5, 5.41) is 9.86. The molecule has 0 spiro atoms. The molecule has 0 saturated carbocycles. The average molecular weight is 363 g/mol. The Morgan fingerprint density at radius 2 is 2.04 bits per heavy atom. The molecule has 0 unspecified atom stereocenters. The predicted molar refractivity (Wildman–Crippen MR) is 97.7 cm³/mol. The SMILES string of the molecule is CC1CCN(CC(=O)Nc2cnn(CC(=O)NC[C@@H]3CCCO3)c2)CC1. The summed E-state index contributed by atoms with van der Waals surface area (Å²) in [5.41, 5.74) is 0.618. The van der Waals surface area contributed by atoms with Crippen LogP contribution in [0.15, 0.2) is 12.4 Å². The topological polar surface area (TPSA) is 88.5 Å². The van der Waals surface area contributed by atoms with Crippen molar-refractivity contribution in [2.24, 2.45) is 5.92 Å². The van der Waals surface area contributed by atoms with Gasteiger partial charge in [0.2, 0.25) is 11.8 Å². The predicted octanol–water partition coefficient (Wildman–Crippen LogP) is 0.849. The van der Waals surface area contributed by atoms with E-state index in [4.69, 9.17) is 4.74 Å². The van der Waals surface area contributed by atoms with Crippen LogP contribution in [0.3, 0.4) is 0 Å². The molecule has 2 saturated heterocycles. The van der Waals surface area contributed by atoms with Gasteiger partial charge in [0.05, 0.1) is 24.5 Å². The summed E-state index contributed by atoms with van der Waals surface area (Å²) in [6, 6.07) is 0. The van der Waals surface area contributed by atoms with Crippen molar-refractivity contribution in [2.45, 2.75) is 45.3 Å². The van der Waals surface area contributed by atoms with Crippen molar-refractivity contribution >= 4 is 17.5 Å². The highest BCUT2D eigenvalue weighted by Crippen LogP contribution is 2.15. The second-order valence-electron chi connectivity index (χ2n) is 7.37. The molecule has 0 aliphatic carbocycles. The van der Waals surface area contributed by atoms with Crippen LogP contribution in [0.25, 0.3) is 0 Å². The summed E-state index contributed by atoms with van der Waals surface area (Å²) in [5.74, 6) is 0.602. The molecule has 1 aromatic heterocycles. The molecule has 0 radical (unpaired) electrons. The number of amides is 2. The zero-order valence-corrected chi connectivity index (χ0v) is 15.4. The second-order valence-corrected chi connectivity index (χ2v) is 7.37. The van der Waals surface area contributed by atoms with Crippen LogP contribution >= 0.6 is 0 Å². The van der Waals surface area contributed by atoms with E-state index in [0.717, 1.165) is 51.3 Å². The number of nitrogens with zero attached hydrogens (tertiary/aromatic N) is 3. The van der Waals surface area contributed by atoms with Gasteiger partial charge in [-0.2, -0.15) is 5.10 Å². The van der Waals surface area contributed by atoms with E-state index < -0.39 is 0 Å². The Morgan fingerprint density at radius 1 is 1.23 bits per heavy atom. The fourth-order valence-electron chi connectivity index (χ4n) is 3.37. The van der Waals surface area contributed by atoms with Crippen LogP contribution in [0.4, 0.5) is 5.69 Å². The van der Waals surface area contributed by atoms with E-state index in [0.29, 0.717) is 18.8 Å². The van der Waals surface area contributed by atoms with Crippen molar-refractivity contribution < 1.29 is 14.3 Å². The van der Waals surface area contributed by atoms with Crippen LogP contribution in [-0.4, -0.2) is 65.4 Å². The molecule has 2 fully saturated rings. The molecule has 2 aliphatic heterocycles. The van der Waals surface area contributed by atoms with Crippen LogP contribution in [0.2, 0.25) is 0 Å². The van der Waals surface area contributed by atoms with Crippen molar-refractivity contribution in [1.29, 1.82) is 0 Å². The largest absolute Gasteiger partial charge is 0.376 e. The maximum Gasteiger partial charge on any atom is 0.241 e. The van der Waals surface area contributed by atoms with Gasteiger partial charge in [-0.05, 0) is 44.7 Å². The summed E-state index contributed by atoms with van der Waals surface area (Å²) in [4.78, 5) is 26.3. The van der Waals surface area contributed by atoms with E-state index in [1.165, 1.54) is 4.68 Å². The standard InChI is InChI=1S/C18H29N5O3/c1-14-4-6-22(7-5-14)12-18(25)21-15-9-20-23(11-15)13-17(24)19-10-16-3-2-8-26-16/h9,11,14,16H,2-8,10,12-13H2,1H3,(H,19,24)(H,21,25)/t16-/m0/s1. The van der Waals surface area contributed by atoms with Gasteiger partial charge in [-0.1, -0.05) is 6.92 Å². The molecule has 8 nitrogen and oxygen atoms in total. The van der Waals surface area contributed by atoms with Crippen LogP contribution < -0.4 is 10.6 Å². The van der Waals surface area contributed by atoms with Crippen molar-refractivity contribution in [3.05, 3.63) is 12.4 Å². The third-order valence-electron chi connectivity index (χ3n) is 5.02. The number of hydrogen-bond donors (Lipinski definition) is 2. The molecule has 1 atom stereocenters. The summed E-state index contributed by atoms with van der Waals surface area (Å²) >= 11 is 0. The van der Waals surface area contributed by atoms with Gasteiger partial charge in [-0.25, -0.2) is 0 Å². The zero-order chi connectivity index (χ0) is 18.4. The van der Waals surface area contributed by atoms with Gasteiger partial charge in [0.15, 0.2) is 0 Å². The lowest BCUT2D eigenvalue weighted by atomic mass is 9.99. The number of likely N-dealkylation sites (tertiary alicyclic amines) is 1. The van der Waals surface area contributed by atoms with Crippen LogP contribution in [0.1, 0.15) is 32.6 Å². The summed E-state index contributed by atoms with van der Waals surface area (Å²) < 4.78 is 7.01. The highest BCUT2D eigenvalue weighted by atomic mass is 16.5. The molecular formula is C18H29N5O3.